The van der Waals surface area contributed by atoms with Gasteiger partial charge in [-0.15, -0.1) is 0 Å². The SMILES string of the molecule is O=C1N[C@]2(CCOc3cc(Br)ccc32)CO1. The van der Waals surface area contributed by atoms with Crippen LogP contribution in [0.2, 0.25) is 0 Å². The Hall–Kier alpha value is -1.23. The molecule has 16 heavy (non-hydrogen) atoms. The molecule has 1 amide bonds. The summed E-state index contributed by atoms with van der Waals surface area (Å²) in [4.78, 5) is 11.2. The lowest BCUT2D eigenvalue weighted by molar-refractivity contribution is 0.156. The van der Waals surface area contributed by atoms with Crippen molar-refractivity contribution in [2.75, 3.05) is 13.2 Å². The van der Waals surface area contributed by atoms with Crippen LogP contribution in [0.4, 0.5) is 4.79 Å². The van der Waals surface area contributed by atoms with Gasteiger partial charge in [0.25, 0.3) is 0 Å². The quantitative estimate of drug-likeness (QED) is 0.794. The zero-order chi connectivity index (χ0) is 11.2. The Morgan fingerprint density at radius 3 is 3.00 bits per heavy atom. The van der Waals surface area contributed by atoms with E-state index in [1.807, 2.05) is 18.2 Å². The number of cyclic esters (lactones) is 1. The summed E-state index contributed by atoms with van der Waals surface area (Å²) in [7, 11) is 0. The molecule has 0 aromatic heterocycles. The van der Waals surface area contributed by atoms with Gasteiger partial charge in [-0.25, -0.2) is 4.79 Å². The Morgan fingerprint density at radius 2 is 2.25 bits per heavy atom. The highest BCUT2D eigenvalue weighted by Crippen LogP contribution is 2.40. The van der Waals surface area contributed by atoms with Crippen LogP contribution in [0.3, 0.4) is 0 Å². The number of alkyl carbamates (subject to hydrolysis) is 1. The number of benzene rings is 1. The molecule has 2 heterocycles. The smallest absolute Gasteiger partial charge is 0.408 e. The van der Waals surface area contributed by atoms with Gasteiger partial charge in [-0.1, -0.05) is 22.0 Å². The molecular formula is C11H10BrNO3. The minimum Gasteiger partial charge on any atom is -0.493 e. The van der Waals surface area contributed by atoms with Crippen LogP contribution in [0, 0.1) is 0 Å². The van der Waals surface area contributed by atoms with Crippen LogP contribution in [-0.4, -0.2) is 19.3 Å². The fourth-order valence-corrected chi connectivity index (χ4v) is 2.56. The maximum absolute atomic E-state index is 11.2. The first kappa shape index (κ1) is 9.96. The molecule has 0 unspecified atom stereocenters. The maximum atomic E-state index is 11.2. The van der Waals surface area contributed by atoms with E-state index in [-0.39, 0.29) is 6.09 Å². The summed E-state index contributed by atoms with van der Waals surface area (Å²) in [6, 6.07) is 5.83. The summed E-state index contributed by atoms with van der Waals surface area (Å²) >= 11 is 3.40. The molecule has 1 fully saturated rings. The number of amides is 1. The first-order chi connectivity index (χ1) is 7.70. The molecule has 2 aliphatic rings. The largest absolute Gasteiger partial charge is 0.493 e. The van der Waals surface area contributed by atoms with E-state index in [1.54, 1.807) is 0 Å². The fourth-order valence-electron chi connectivity index (χ4n) is 2.22. The molecule has 0 saturated carbocycles. The third-order valence-corrected chi connectivity index (χ3v) is 3.53. The van der Waals surface area contributed by atoms with Crippen LogP contribution in [0.5, 0.6) is 5.75 Å². The van der Waals surface area contributed by atoms with Gasteiger partial charge >= 0.3 is 6.09 Å². The summed E-state index contributed by atoms with van der Waals surface area (Å²) in [5.74, 6) is 0.812. The van der Waals surface area contributed by atoms with E-state index >= 15 is 0 Å². The minimum absolute atomic E-state index is 0.351. The number of halogens is 1. The minimum atomic E-state index is -0.397. The maximum Gasteiger partial charge on any atom is 0.408 e. The van der Waals surface area contributed by atoms with Crippen molar-refractivity contribution in [1.82, 2.24) is 5.32 Å². The lowest BCUT2D eigenvalue weighted by atomic mass is 9.86. The second-order valence-electron chi connectivity index (χ2n) is 4.02. The standard InChI is InChI=1S/C11H10BrNO3/c12-7-1-2-8-9(5-7)15-4-3-11(8)6-16-10(14)13-11/h1-2,5H,3-4,6H2,(H,13,14)/t11-/m1/s1. The van der Waals surface area contributed by atoms with E-state index in [0.717, 1.165) is 22.2 Å². The molecule has 1 aromatic carbocycles. The summed E-state index contributed by atoms with van der Waals surface area (Å²) in [6.07, 6.45) is 0.392. The van der Waals surface area contributed by atoms with Crippen LogP contribution in [0.25, 0.3) is 0 Å². The number of carbonyl (C=O) groups is 1. The van der Waals surface area contributed by atoms with Crippen molar-refractivity contribution in [3.05, 3.63) is 28.2 Å². The predicted molar refractivity (Wildman–Crippen MR) is 60.4 cm³/mol. The number of hydrogen-bond acceptors (Lipinski definition) is 3. The molecule has 1 spiro atoms. The number of nitrogens with one attached hydrogen (secondary N) is 1. The highest BCUT2D eigenvalue weighted by Gasteiger charge is 2.45. The fraction of sp³-hybridized carbons (Fsp3) is 0.364. The zero-order valence-electron chi connectivity index (χ0n) is 8.46. The van der Waals surface area contributed by atoms with Gasteiger partial charge in [0.2, 0.25) is 0 Å². The Labute approximate surface area is 101 Å². The van der Waals surface area contributed by atoms with E-state index in [9.17, 15) is 4.79 Å². The van der Waals surface area contributed by atoms with Crippen molar-refractivity contribution in [1.29, 1.82) is 0 Å². The molecule has 0 bridgehead atoms. The summed E-state index contributed by atoms with van der Waals surface area (Å²) in [5, 5.41) is 2.89. The topological polar surface area (TPSA) is 47.6 Å². The summed E-state index contributed by atoms with van der Waals surface area (Å²) in [6.45, 7) is 0.969. The van der Waals surface area contributed by atoms with E-state index < -0.39 is 5.54 Å². The Kier molecular flexibility index (Phi) is 2.10. The number of carbonyl (C=O) groups excluding carboxylic acids is 1. The summed E-state index contributed by atoms with van der Waals surface area (Å²) in [5.41, 5.74) is 0.596. The first-order valence-corrected chi connectivity index (χ1v) is 5.87. The van der Waals surface area contributed by atoms with Crippen molar-refractivity contribution >= 4 is 22.0 Å². The third kappa shape index (κ3) is 1.38. The van der Waals surface area contributed by atoms with Gasteiger partial charge in [-0.3, -0.25) is 0 Å². The van der Waals surface area contributed by atoms with Crippen molar-refractivity contribution in [2.24, 2.45) is 0 Å². The van der Waals surface area contributed by atoms with E-state index in [2.05, 4.69) is 21.2 Å². The van der Waals surface area contributed by atoms with Crippen LogP contribution in [0.15, 0.2) is 22.7 Å². The highest BCUT2D eigenvalue weighted by atomic mass is 79.9. The first-order valence-electron chi connectivity index (χ1n) is 5.07. The number of hydrogen-bond donors (Lipinski definition) is 1. The Balaban J connectivity index is 2.09. The van der Waals surface area contributed by atoms with Crippen LogP contribution >= 0.6 is 15.9 Å². The molecule has 84 valence electrons. The van der Waals surface area contributed by atoms with Gasteiger partial charge in [0.15, 0.2) is 0 Å². The normalized spacial score (nSPS) is 26.9. The molecule has 1 aromatic rings. The second-order valence-corrected chi connectivity index (χ2v) is 4.94. The average Bonchev–Trinajstić information content (AvgIpc) is 2.61. The van der Waals surface area contributed by atoms with Crippen molar-refractivity contribution in [3.63, 3.8) is 0 Å². The van der Waals surface area contributed by atoms with Crippen LogP contribution in [0.1, 0.15) is 12.0 Å². The Bertz CT molecular complexity index is 463. The molecule has 1 saturated heterocycles. The molecule has 2 aliphatic heterocycles. The van der Waals surface area contributed by atoms with Gasteiger partial charge < -0.3 is 14.8 Å². The molecule has 1 N–H and O–H groups in total. The molecule has 1 atom stereocenters. The highest BCUT2D eigenvalue weighted by molar-refractivity contribution is 9.10. The molecular weight excluding hydrogens is 274 g/mol. The Morgan fingerprint density at radius 1 is 1.38 bits per heavy atom. The molecule has 0 aliphatic carbocycles. The van der Waals surface area contributed by atoms with Gasteiger partial charge in [-0.05, 0) is 12.1 Å². The molecule has 3 rings (SSSR count). The van der Waals surface area contributed by atoms with Gasteiger partial charge in [0.05, 0.1) is 6.61 Å². The zero-order valence-corrected chi connectivity index (χ0v) is 10.0. The molecule has 0 radical (unpaired) electrons. The van der Waals surface area contributed by atoms with E-state index in [4.69, 9.17) is 9.47 Å². The number of fused-ring (bicyclic) bond motifs is 2. The van der Waals surface area contributed by atoms with Crippen LogP contribution < -0.4 is 10.1 Å². The predicted octanol–water partition coefficient (Wildman–Crippen LogP) is 2.17. The monoisotopic (exact) mass is 283 g/mol. The second kappa shape index (κ2) is 3.38. The van der Waals surface area contributed by atoms with Gasteiger partial charge in [0, 0.05) is 16.5 Å². The van der Waals surface area contributed by atoms with Crippen molar-refractivity contribution < 1.29 is 14.3 Å². The lowest BCUT2D eigenvalue weighted by Crippen LogP contribution is -2.44. The van der Waals surface area contributed by atoms with E-state index in [1.165, 1.54) is 0 Å². The molecule has 5 heteroatoms. The van der Waals surface area contributed by atoms with Crippen LogP contribution in [-0.2, 0) is 10.3 Å². The van der Waals surface area contributed by atoms with Crippen molar-refractivity contribution in [2.45, 2.75) is 12.0 Å². The number of ether oxygens (including phenoxy) is 2. The average molecular weight is 284 g/mol. The van der Waals surface area contributed by atoms with Gasteiger partial charge in [-0.2, -0.15) is 0 Å². The lowest BCUT2D eigenvalue weighted by Gasteiger charge is -2.33. The summed E-state index contributed by atoms with van der Waals surface area (Å²) < 4.78 is 11.6. The third-order valence-electron chi connectivity index (χ3n) is 3.04. The van der Waals surface area contributed by atoms with Crippen molar-refractivity contribution in [3.8, 4) is 5.75 Å². The van der Waals surface area contributed by atoms with Gasteiger partial charge in [0.1, 0.15) is 17.9 Å². The van der Waals surface area contributed by atoms with E-state index in [0.29, 0.717) is 13.2 Å². The molecule has 4 nitrogen and oxygen atoms in total. The number of rotatable bonds is 0.